The molecule has 0 unspecified atom stereocenters. The highest BCUT2D eigenvalue weighted by molar-refractivity contribution is 5.90. The first-order valence-electron chi connectivity index (χ1n) is 11.3. The van der Waals surface area contributed by atoms with Gasteiger partial charge in [0.1, 0.15) is 17.2 Å². The van der Waals surface area contributed by atoms with E-state index in [4.69, 9.17) is 9.47 Å². The zero-order valence-electron chi connectivity index (χ0n) is 19.9. The van der Waals surface area contributed by atoms with E-state index in [9.17, 15) is 27.2 Å². The number of carbonyl (C=O) groups excluding carboxylic acids is 2. The molecule has 1 fully saturated rings. The number of nitrogens with one attached hydrogen (secondary N) is 3. The van der Waals surface area contributed by atoms with E-state index in [1.54, 1.807) is 6.92 Å². The van der Waals surface area contributed by atoms with Crippen LogP contribution in [-0.2, 0) is 22.3 Å². The van der Waals surface area contributed by atoms with Crippen LogP contribution in [0.4, 0.5) is 33.7 Å². The Hall–Kier alpha value is -4.33. The van der Waals surface area contributed by atoms with E-state index in [0.29, 0.717) is 17.6 Å². The molecule has 4 rings (SSSR count). The van der Waals surface area contributed by atoms with E-state index < -0.39 is 35.1 Å². The Bertz CT molecular complexity index is 1300. The van der Waals surface area contributed by atoms with E-state index in [1.165, 1.54) is 30.7 Å². The predicted octanol–water partition coefficient (Wildman–Crippen LogP) is 3.65. The van der Waals surface area contributed by atoms with Crippen LogP contribution in [0, 0.1) is 12.7 Å². The number of anilines is 2. The van der Waals surface area contributed by atoms with Crippen molar-refractivity contribution >= 4 is 23.4 Å². The van der Waals surface area contributed by atoms with Gasteiger partial charge in [0.05, 0.1) is 54.4 Å². The molecule has 1 aliphatic rings. The second kappa shape index (κ2) is 11.0. The molecule has 3 heterocycles. The molecule has 0 aliphatic carbocycles. The summed E-state index contributed by atoms with van der Waals surface area (Å²) < 4.78 is 63.5. The van der Waals surface area contributed by atoms with E-state index in [2.05, 4.69) is 30.9 Å². The second-order valence-electron chi connectivity index (χ2n) is 8.40. The third-order valence-electron chi connectivity index (χ3n) is 5.59. The Morgan fingerprint density at radius 2 is 1.87 bits per heavy atom. The molecule has 1 saturated heterocycles. The van der Waals surface area contributed by atoms with Gasteiger partial charge in [0.25, 0.3) is 0 Å². The quantitative estimate of drug-likeness (QED) is 0.392. The summed E-state index contributed by atoms with van der Waals surface area (Å²) in [6, 6.07) is 5.26. The highest BCUT2D eigenvalue weighted by Gasteiger charge is 2.44. The van der Waals surface area contributed by atoms with Crippen LogP contribution >= 0.6 is 0 Å². The maximum absolute atomic E-state index is 13.3. The number of hydrogen-bond acceptors (Lipinski definition) is 8. The third kappa shape index (κ3) is 6.51. The van der Waals surface area contributed by atoms with Gasteiger partial charge in [-0.3, -0.25) is 9.78 Å². The summed E-state index contributed by atoms with van der Waals surface area (Å²) in [7, 11) is 0. The number of benzene rings is 1. The molecule has 38 heavy (non-hydrogen) atoms. The van der Waals surface area contributed by atoms with Crippen LogP contribution in [0.15, 0.2) is 48.9 Å². The maximum Gasteiger partial charge on any atom is 0.418 e. The van der Waals surface area contributed by atoms with Crippen molar-refractivity contribution in [2.75, 3.05) is 18.5 Å². The number of aromatic nitrogens is 3. The monoisotopic (exact) mass is 534 g/mol. The molecular weight excluding hydrogens is 512 g/mol. The summed E-state index contributed by atoms with van der Waals surface area (Å²) in [5.74, 6) is -0.943. The van der Waals surface area contributed by atoms with E-state index in [0.717, 1.165) is 12.1 Å². The fourth-order valence-electron chi connectivity index (χ4n) is 3.62. The summed E-state index contributed by atoms with van der Waals surface area (Å²) in [6.07, 6.45) is -1.51. The maximum atomic E-state index is 13.3. The van der Waals surface area contributed by atoms with E-state index in [-0.39, 0.29) is 43.3 Å². The minimum atomic E-state index is -4.75. The predicted molar refractivity (Wildman–Crippen MR) is 125 cm³/mol. The average molecular weight is 534 g/mol. The molecule has 1 atom stereocenters. The largest absolute Gasteiger partial charge is 0.418 e. The molecule has 2 aromatic heterocycles. The summed E-state index contributed by atoms with van der Waals surface area (Å²) in [6.45, 7) is 1.80. The van der Waals surface area contributed by atoms with E-state index in [1.807, 2.05) is 0 Å². The number of carbonyl (C=O) groups is 2. The van der Waals surface area contributed by atoms with Crippen LogP contribution in [0.3, 0.4) is 0 Å². The van der Waals surface area contributed by atoms with Crippen LogP contribution < -0.4 is 20.7 Å². The van der Waals surface area contributed by atoms with Crippen molar-refractivity contribution < 1.29 is 36.6 Å². The van der Waals surface area contributed by atoms with Gasteiger partial charge in [-0.15, -0.1) is 0 Å². The summed E-state index contributed by atoms with van der Waals surface area (Å²) in [5.41, 5.74) is -2.24. The molecule has 200 valence electrons. The van der Waals surface area contributed by atoms with Crippen LogP contribution in [-0.4, -0.2) is 45.7 Å². The Kier molecular flexibility index (Phi) is 7.71. The highest BCUT2D eigenvalue weighted by atomic mass is 19.4. The SMILES string of the molecule is Cc1ncc(OC(=O)N[C@@]2(C(=O)NCc3ccc(Nc4ccc(F)cc4C(F)(F)F)cn3)CCOC2)cn1. The van der Waals surface area contributed by atoms with Gasteiger partial charge in [-0.1, -0.05) is 0 Å². The molecule has 0 saturated carbocycles. The third-order valence-corrected chi connectivity index (χ3v) is 5.59. The first-order valence-corrected chi connectivity index (χ1v) is 11.3. The van der Waals surface area contributed by atoms with Gasteiger partial charge in [-0.25, -0.2) is 19.2 Å². The number of aryl methyl sites for hydroxylation is 1. The van der Waals surface area contributed by atoms with Crippen molar-refractivity contribution in [2.24, 2.45) is 0 Å². The highest BCUT2D eigenvalue weighted by Crippen LogP contribution is 2.36. The molecule has 0 spiro atoms. The minimum absolute atomic E-state index is 0.0340. The molecule has 0 radical (unpaired) electrons. The standard InChI is InChI=1S/C24H22F4N6O4/c1-14-29-11-18(12-30-14)38-22(36)34-23(6-7-37-13-23)21(35)32-9-16-3-4-17(10-31-16)33-20-5-2-15(25)8-19(20)24(26,27)28/h2-5,8,10-12,33H,6-7,9,13H2,1H3,(H,32,35)(H,34,36)/t23-/m0/s1. The molecule has 3 aromatic rings. The van der Waals surface area contributed by atoms with Gasteiger partial charge in [0, 0.05) is 13.0 Å². The molecule has 0 bridgehead atoms. The van der Waals surface area contributed by atoms with Crippen molar-refractivity contribution in [1.29, 1.82) is 0 Å². The smallest absolute Gasteiger partial charge is 0.407 e. The minimum Gasteiger partial charge on any atom is -0.407 e. The number of amides is 2. The zero-order valence-corrected chi connectivity index (χ0v) is 19.9. The number of pyridine rings is 1. The Morgan fingerprint density at radius 3 is 2.50 bits per heavy atom. The normalized spacial score (nSPS) is 17.1. The first-order chi connectivity index (χ1) is 18.0. The molecule has 1 aliphatic heterocycles. The average Bonchev–Trinajstić information content (AvgIpc) is 3.35. The van der Waals surface area contributed by atoms with Crippen LogP contribution in [0.5, 0.6) is 5.75 Å². The van der Waals surface area contributed by atoms with Crippen LogP contribution in [0.2, 0.25) is 0 Å². The lowest BCUT2D eigenvalue weighted by atomic mass is 9.97. The van der Waals surface area contributed by atoms with Crippen molar-refractivity contribution in [3.63, 3.8) is 0 Å². The van der Waals surface area contributed by atoms with Crippen molar-refractivity contribution in [3.8, 4) is 5.75 Å². The van der Waals surface area contributed by atoms with Gasteiger partial charge in [-0.2, -0.15) is 13.2 Å². The van der Waals surface area contributed by atoms with Gasteiger partial charge in [-0.05, 0) is 37.3 Å². The van der Waals surface area contributed by atoms with Gasteiger partial charge < -0.3 is 25.4 Å². The Balaban J connectivity index is 1.36. The lowest BCUT2D eigenvalue weighted by molar-refractivity contribution is -0.137. The first kappa shape index (κ1) is 26.7. The number of rotatable bonds is 7. The second-order valence-corrected chi connectivity index (χ2v) is 8.40. The number of nitrogens with zero attached hydrogens (tertiary/aromatic N) is 3. The van der Waals surface area contributed by atoms with Crippen molar-refractivity contribution in [2.45, 2.75) is 31.6 Å². The number of halogens is 4. The van der Waals surface area contributed by atoms with Crippen LogP contribution in [0.1, 0.15) is 23.5 Å². The molecule has 1 aromatic carbocycles. The summed E-state index contributed by atoms with van der Waals surface area (Å²) in [4.78, 5) is 37.4. The topological polar surface area (TPSA) is 127 Å². The number of alkyl halides is 3. The zero-order chi connectivity index (χ0) is 27.3. The van der Waals surface area contributed by atoms with E-state index >= 15 is 0 Å². The molecular formula is C24H22F4N6O4. The summed E-state index contributed by atoms with van der Waals surface area (Å²) in [5, 5.41) is 7.79. The van der Waals surface area contributed by atoms with Crippen molar-refractivity contribution in [3.05, 3.63) is 71.8 Å². The Morgan fingerprint density at radius 1 is 1.11 bits per heavy atom. The lowest BCUT2D eigenvalue weighted by Crippen LogP contribution is -2.59. The molecule has 14 heteroatoms. The molecule has 3 N–H and O–H groups in total. The van der Waals surface area contributed by atoms with Gasteiger partial charge >= 0.3 is 12.3 Å². The fourth-order valence-corrected chi connectivity index (χ4v) is 3.62. The number of ether oxygens (including phenoxy) is 2. The van der Waals surface area contributed by atoms with Gasteiger partial charge in [0.15, 0.2) is 5.75 Å². The van der Waals surface area contributed by atoms with Crippen molar-refractivity contribution in [1.82, 2.24) is 25.6 Å². The molecule has 10 nitrogen and oxygen atoms in total. The van der Waals surface area contributed by atoms with Gasteiger partial charge in [0.2, 0.25) is 5.91 Å². The molecule has 2 amide bonds. The Labute approximate surface area is 213 Å². The van der Waals surface area contributed by atoms with Crippen LogP contribution in [0.25, 0.3) is 0 Å². The fraction of sp³-hybridized carbons (Fsp3) is 0.292. The number of hydrogen-bond donors (Lipinski definition) is 3. The lowest BCUT2D eigenvalue weighted by Gasteiger charge is -2.26. The summed E-state index contributed by atoms with van der Waals surface area (Å²) >= 11 is 0.